The van der Waals surface area contributed by atoms with E-state index in [2.05, 4.69) is 77.9 Å². The van der Waals surface area contributed by atoms with E-state index >= 15 is 0 Å². The van der Waals surface area contributed by atoms with E-state index < -0.39 is 29.7 Å². The first-order chi connectivity index (χ1) is 27.7. The van der Waals surface area contributed by atoms with Gasteiger partial charge in [0.2, 0.25) is 17.7 Å². The summed E-state index contributed by atoms with van der Waals surface area (Å²) in [5, 5.41) is 5.43. The molecule has 11 heteroatoms. The summed E-state index contributed by atoms with van der Waals surface area (Å²) in [7, 11) is 0. The van der Waals surface area contributed by atoms with E-state index in [0.717, 1.165) is 52.4 Å². The molecule has 9 rings (SSSR count). The summed E-state index contributed by atoms with van der Waals surface area (Å²) in [5.74, 6) is -0.966. The Morgan fingerprint density at radius 1 is 0.895 bits per heavy atom. The number of carbonyl (C=O) groups is 5. The minimum absolute atomic E-state index is 0.0479. The van der Waals surface area contributed by atoms with E-state index in [9.17, 15) is 24.0 Å². The molecule has 2 aliphatic carbocycles. The SMILES string of the molecule is Cc1cccc(C2CCCC2C2=C=C3C(c4cccc(C5CCN(C(=O)CCNc6ccc7c(c6)C(=O)N(C6CCC(=O)NC6=O)C7=O)CC5)n4)=CN=C3C=C2)c1. The predicted molar refractivity (Wildman–Crippen MR) is 215 cm³/mol. The average Bonchev–Trinajstić information content (AvgIpc) is 3.95. The highest BCUT2D eigenvalue weighted by atomic mass is 16.2. The molecule has 4 aliphatic heterocycles. The first kappa shape index (κ1) is 36.4. The van der Waals surface area contributed by atoms with Gasteiger partial charge >= 0.3 is 0 Å². The number of anilines is 1. The van der Waals surface area contributed by atoms with Gasteiger partial charge in [-0.25, -0.2) is 0 Å². The van der Waals surface area contributed by atoms with Crippen LogP contribution in [0.4, 0.5) is 5.69 Å². The average molecular weight is 761 g/mol. The highest BCUT2D eigenvalue weighted by Gasteiger charge is 2.44. The van der Waals surface area contributed by atoms with Crippen molar-refractivity contribution >= 4 is 46.5 Å². The topological polar surface area (TPSA) is 141 Å². The number of piperidine rings is 2. The minimum Gasteiger partial charge on any atom is -0.385 e. The summed E-state index contributed by atoms with van der Waals surface area (Å²) in [6, 6.07) is 19.0. The maximum atomic E-state index is 13.3. The molecule has 11 nitrogen and oxygen atoms in total. The molecule has 5 heterocycles. The van der Waals surface area contributed by atoms with Gasteiger partial charge in [-0.15, -0.1) is 5.73 Å². The summed E-state index contributed by atoms with van der Waals surface area (Å²) in [5.41, 5.74) is 13.7. The molecule has 6 aliphatic rings. The molecule has 3 aromatic rings. The number of fused-ring (bicyclic) bond motifs is 2. The molecule has 288 valence electrons. The number of amides is 5. The van der Waals surface area contributed by atoms with Gasteiger partial charge in [0.1, 0.15) is 6.04 Å². The third-order valence-corrected chi connectivity index (χ3v) is 12.4. The number of pyridine rings is 1. The number of rotatable bonds is 9. The van der Waals surface area contributed by atoms with Crippen LogP contribution in [0.25, 0.3) is 5.57 Å². The van der Waals surface area contributed by atoms with Crippen molar-refractivity contribution in [1.29, 1.82) is 0 Å². The molecular formula is C46H44N6O5. The van der Waals surface area contributed by atoms with Crippen molar-refractivity contribution in [3.8, 4) is 0 Å². The molecule has 3 atom stereocenters. The number of nitrogens with one attached hydrogen (secondary N) is 2. The molecule has 2 N–H and O–H groups in total. The molecule has 1 aromatic heterocycles. The molecule has 0 bridgehead atoms. The van der Waals surface area contributed by atoms with Gasteiger partial charge in [-0.1, -0.05) is 42.3 Å². The summed E-state index contributed by atoms with van der Waals surface area (Å²) < 4.78 is 0. The normalized spacial score (nSPS) is 23.1. The van der Waals surface area contributed by atoms with Crippen LogP contribution in [0, 0.1) is 12.8 Å². The molecule has 1 saturated carbocycles. The Morgan fingerprint density at radius 2 is 1.70 bits per heavy atom. The molecule has 0 spiro atoms. The molecule has 5 amide bonds. The van der Waals surface area contributed by atoms with Gasteiger partial charge < -0.3 is 10.2 Å². The van der Waals surface area contributed by atoms with Crippen molar-refractivity contribution in [1.82, 2.24) is 20.1 Å². The molecule has 57 heavy (non-hydrogen) atoms. The zero-order valence-corrected chi connectivity index (χ0v) is 31.9. The highest BCUT2D eigenvalue weighted by Crippen LogP contribution is 2.45. The van der Waals surface area contributed by atoms with Crippen molar-refractivity contribution in [2.24, 2.45) is 10.9 Å². The summed E-state index contributed by atoms with van der Waals surface area (Å²) >= 11 is 0. The third-order valence-electron chi connectivity index (χ3n) is 12.4. The number of benzene rings is 2. The fourth-order valence-electron chi connectivity index (χ4n) is 9.36. The number of aryl methyl sites for hydroxylation is 1. The molecule has 0 radical (unpaired) electrons. The Labute approximate surface area is 331 Å². The largest absolute Gasteiger partial charge is 0.385 e. The summed E-state index contributed by atoms with van der Waals surface area (Å²) in [6.45, 7) is 3.80. The minimum atomic E-state index is -1.02. The van der Waals surface area contributed by atoms with E-state index in [4.69, 9.17) is 9.98 Å². The molecule has 3 unspecified atom stereocenters. The Hall–Kier alpha value is -6.19. The smallest absolute Gasteiger partial charge is 0.262 e. The van der Waals surface area contributed by atoms with Gasteiger partial charge in [0.05, 0.1) is 28.1 Å². The van der Waals surface area contributed by atoms with Crippen molar-refractivity contribution < 1.29 is 24.0 Å². The lowest BCUT2D eigenvalue weighted by atomic mass is 9.81. The summed E-state index contributed by atoms with van der Waals surface area (Å²) in [4.78, 5) is 76.2. The number of carbonyl (C=O) groups excluding carboxylic acids is 5. The Balaban J connectivity index is 0.799. The second kappa shape index (κ2) is 15.0. The van der Waals surface area contributed by atoms with Crippen molar-refractivity contribution in [2.75, 3.05) is 25.0 Å². The molecular weight excluding hydrogens is 717 g/mol. The lowest BCUT2D eigenvalue weighted by Gasteiger charge is -2.32. The quantitative estimate of drug-likeness (QED) is 0.190. The fourth-order valence-corrected chi connectivity index (χ4v) is 9.36. The van der Waals surface area contributed by atoms with Crippen LogP contribution in [0.3, 0.4) is 0 Å². The second-order valence-corrected chi connectivity index (χ2v) is 15.9. The first-order valence-electron chi connectivity index (χ1n) is 20.1. The van der Waals surface area contributed by atoms with Gasteiger partial charge in [0.25, 0.3) is 11.8 Å². The maximum Gasteiger partial charge on any atom is 0.262 e. The monoisotopic (exact) mass is 760 g/mol. The van der Waals surface area contributed by atoms with Crippen LogP contribution in [0.15, 0.2) is 101 Å². The van der Waals surface area contributed by atoms with E-state index in [1.54, 1.807) is 18.2 Å². The van der Waals surface area contributed by atoms with E-state index in [1.807, 2.05) is 11.1 Å². The van der Waals surface area contributed by atoms with Crippen LogP contribution in [-0.4, -0.2) is 75.7 Å². The molecule has 3 fully saturated rings. The van der Waals surface area contributed by atoms with Crippen LogP contribution in [-0.2, 0) is 14.4 Å². The number of hydrogen-bond donors (Lipinski definition) is 2. The van der Waals surface area contributed by atoms with Crippen LogP contribution >= 0.6 is 0 Å². The first-order valence-corrected chi connectivity index (χ1v) is 20.1. The predicted octanol–water partition coefficient (Wildman–Crippen LogP) is 6.40. The van der Waals surface area contributed by atoms with Crippen molar-refractivity contribution in [3.05, 3.63) is 130 Å². The number of imide groups is 2. The molecule has 2 saturated heterocycles. The van der Waals surface area contributed by atoms with Gasteiger partial charge in [0.15, 0.2) is 0 Å². The highest BCUT2D eigenvalue weighted by molar-refractivity contribution is 6.24. The lowest BCUT2D eigenvalue weighted by molar-refractivity contribution is -0.136. The maximum absolute atomic E-state index is 13.3. The number of hydrogen-bond acceptors (Lipinski definition) is 8. The molecule has 2 aromatic carbocycles. The van der Waals surface area contributed by atoms with Crippen LogP contribution < -0.4 is 10.6 Å². The zero-order valence-electron chi connectivity index (χ0n) is 31.9. The Morgan fingerprint density at radius 3 is 2.53 bits per heavy atom. The number of aromatic nitrogens is 1. The van der Waals surface area contributed by atoms with E-state index in [1.165, 1.54) is 29.5 Å². The van der Waals surface area contributed by atoms with Gasteiger partial charge in [-0.05, 0) is 104 Å². The van der Waals surface area contributed by atoms with E-state index in [-0.39, 0.29) is 42.2 Å². The van der Waals surface area contributed by atoms with Crippen LogP contribution in [0.2, 0.25) is 0 Å². The van der Waals surface area contributed by atoms with Gasteiger partial charge in [-0.2, -0.15) is 0 Å². The Kier molecular flexibility index (Phi) is 9.62. The van der Waals surface area contributed by atoms with E-state index in [0.29, 0.717) is 37.2 Å². The number of aliphatic imine (C=N–C) groups is 1. The van der Waals surface area contributed by atoms with Crippen LogP contribution in [0.1, 0.15) is 106 Å². The third kappa shape index (κ3) is 6.97. The number of allylic oxidation sites excluding steroid dienone is 4. The Bertz CT molecular complexity index is 2390. The van der Waals surface area contributed by atoms with Gasteiger partial charge in [0, 0.05) is 61.5 Å². The van der Waals surface area contributed by atoms with Crippen LogP contribution in [0.5, 0.6) is 0 Å². The van der Waals surface area contributed by atoms with Crippen molar-refractivity contribution in [2.45, 2.75) is 76.2 Å². The summed E-state index contributed by atoms with van der Waals surface area (Å²) in [6.07, 6.45) is 11.9. The van der Waals surface area contributed by atoms with Crippen molar-refractivity contribution in [3.63, 3.8) is 0 Å². The number of likely N-dealkylation sites (tertiary alicyclic amines) is 1. The number of nitrogens with zero attached hydrogens (tertiary/aromatic N) is 4. The second-order valence-electron chi connectivity index (χ2n) is 15.9. The van der Waals surface area contributed by atoms with Gasteiger partial charge in [-0.3, -0.25) is 44.2 Å². The standard InChI is InChI=1S/C46H44N6O5/c1-27-5-2-6-29(23-27)32-7-3-8-33(32)30-11-14-39-35(24-30)37(26-48-39)40-10-4-9-38(49-40)28-18-21-51(22-19-28)43(54)17-20-47-31-12-13-34-36(25-31)46(57)52(45(34)56)41-15-16-42(53)50-44(41)55/h2,4-6,9-14,23,25-26,28,32-33,41,47H,3,7-8,15-22H2,1H3,(H,50,53,55). The zero-order chi connectivity index (χ0) is 39.2. The lowest BCUT2D eigenvalue weighted by Crippen LogP contribution is -2.54. The fraction of sp³-hybridized carbons (Fsp3) is 0.348.